The summed E-state index contributed by atoms with van der Waals surface area (Å²) >= 11 is 1.74. The Morgan fingerprint density at radius 3 is 2.73 bits per heavy atom. The zero-order chi connectivity index (χ0) is 26.3. The fraction of sp³-hybridized carbons (Fsp3) is 0.464. The maximum absolute atomic E-state index is 11.8. The number of pyridine rings is 2. The molecule has 1 unspecified atom stereocenters. The zero-order valence-corrected chi connectivity index (χ0v) is 22.1. The number of aliphatic hydroxyl groups is 1. The molecule has 198 valence electrons. The van der Waals surface area contributed by atoms with Crippen molar-refractivity contribution in [3.63, 3.8) is 0 Å². The van der Waals surface area contributed by atoms with E-state index in [2.05, 4.69) is 14.9 Å². The highest BCUT2D eigenvalue weighted by atomic mass is 32.2. The number of hydrogen-bond donors (Lipinski definition) is 3. The first-order chi connectivity index (χ1) is 17.9. The number of benzene rings is 1. The van der Waals surface area contributed by atoms with Crippen LogP contribution in [0.2, 0.25) is 0 Å². The first-order valence-electron chi connectivity index (χ1n) is 12.7. The lowest BCUT2D eigenvalue weighted by Gasteiger charge is -2.41. The molecular formula is C28H36N4O4S. The average Bonchev–Trinajstić information content (AvgIpc) is 2.92. The van der Waals surface area contributed by atoms with Gasteiger partial charge in [0.15, 0.2) is 0 Å². The van der Waals surface area contributed by atoms with E-state index in [0.717, 1.165) is 65.3 Å². The Hall–Kier alpha value is -2.72. The van der Waals surface area contributed by atoms with Crippen LogP contribution >= 0.6 is 11.8 Å². The van der Waals surface area contributed by atoms with E-state index in [9.17, 15) is 15.0 Å². The molecule has 1 atom stereocenters. The summed E-state index contributed by atoms with van der Waals surface area (Å²) in [7, 11) is 1.61. The quantitative estimate of drug-likeness (QED) is 0.298. The molecule has 1 aromatic carbocycles. The van der Waals surface area contributed by atoms with E-state index in [0.29, 0.717) is 18.6 Å². The Labute approximate surface area is 222 Å². The van der Waals surface area contributed by atoms with E-state index >= 15 is 0 Å². The number of carbonyl (C=O) groups is 1. The highest BCUT2D eigenvalue weighted by Gasteiger charge is 2.37. The molecule has 0 saturated carbocycles. The molecule has 37 heavy (non-hydrogen) atoms. The number of nitrogens with zero attached hydrogens (tertiary/aromatic N) is 3. The summed E-state index contributed by atoms with van der Waals surface area (Å²) in [5, 5.41) is 22.9. The van der Waals surface area contributed by atoms with Crippen LogP contribution in [-0.2, 0) is 11.3 Å². The summed E-state index contributed by atoms with van der Waals surface area (Å²) < 4.78 is 5.39. The molecule has 0 amide bonds. The van der Waals surface area contributed by atoms with E-state index in [-0.39, 0.29) is 18.4 Å². The zero-order valence-electron chi connectivity index (χ0n) is 21.3. The van der Waals surface area contributed by atoms with Crippen LogP contribution in [-0.4, -0.2) is 63.5 Å². The molecule has 3 aromatic rings. The number of piperidine rings is 1. The predicted molar refractivity (Wildman–Crippen MR) is 146 cm³/mol. The fourth-order valence-corrected chi connectivity index (χ4v) is 6.17. The summed E-state index contributed by atoms with van der Waals surface area (Å²) in [6.07, 6.45) is 5.58. The normalized spacial score (nSPS) is 16.5. The lowest BCUT2D eigenvalue weighted by atomic mass is 9.71. The van der Waals surface area contributed by atoms with Gasteiger partial charge in [-0.1, -0.05) is 6.07 Å². The van der Waals surface area contributed by atoms with Gasteiger partial charge in [-0.15, -0.1) is 11.8 Å². The van der Waals surface area contributed by atoms with E-state index in [4.69, 9.17) is 10.5 Å². The molecule has 4 N–H and O–H groups in total. The van der Waals surface area contributed by atoms with Crippen LogP contribution in [0.5, 0.6) is 5.75 Å². The molecule has 9 heteroatoms. The van der Waals surface area contributed by atoms with Gasteiger partial charge >= 0.3 is 5.97 Å². The highest BCUT2D eigenvalue weighted by molar-refractivity contribution is 7.99. The summed E-state index contributed by atoms with van der Waals surface area (Å²) in [6.45, 7) is 2.92. The number of aromatic nitrogens is 2. The number of thioether (sulfide) groups is 1. The number of nitrogens with two attached hydrogens (primary N) is 1. The Morgan fingerprint density at radius 1 is 1.24 bits per heavy atom. The van der Waals surface area contributed by atoms with Crippen LogP contribution in [0.25, 0.3) is 10.9 Å². The molecule has 4 rings (SSSR count). The van der Waals surface area contributed by atoms with Gasteiger partial charge in [0.05, 0.1) is 30.2 Å². The lowest BCUT2D eigenvalue weighted by molar-refractivity contribution is -0.141. The van der Waals surface area contributed by atoms with Crippen molar-refractivity contribution in [3.05, 3.63) is 59.9 Å². The first-order valence-corrected chi connectivity index (χ1v) is 13.7. The van der Waals surface area contributed by atoms with Gasteiger partial charge in [-0.05, 0) is 85.6 Å². The minimum atomic E-state index is -0.782. The van der Waals surface area contributed by atoms with Crippen LogP contribution < -0.4 is 10.5 Å². The molecule has 1 aliphatic heterocycles. The van der Waals surface area contributed by atoms with Gasteiger partial charge in [0.1, 0.15) is 5.75 Å². The molecule has 2 aromatic heterocycles. The van der Waals surface area contributed by atoms with E-state index in [1.165, 1.54) is 0 Å². The third-order valence-corrected chi connectivity index (χ3v) is 8.36. The maximum atomic E-state index is 11.8. The molecule has 0 spiro atoms. The molecule has 0 bridgehead atoms. The fourth-order valence-electron chi connectivity index (χ4n) is 5.30. The van der Waals surface area contributed by atoms with Crippen molar-refractivity contribution in [1.82, 2.24) is 14.9 Å². The minimum Gasteiger partial charge on any atom is -0.497 e. The van der Waals surface area contributed by atoms with Gasteiger partial charge in [-0.2, -0.15) is 0 Å². The number of rotatable bonds is 12. The smallest absolute Gasteiger partial charge is 0.303 e. The Kier molecular flexibility index (Phi) is 9.37. The standard InChI is InChI=1S/C28H36N4O4S/c1-36-21-5-6-23-22(16-21)27(20(18-29)19-31-23)24(33)7-8-28(17-26(34)35)9-12-32(13-10-28)14-15-37-25-4-2-3-11-30-25/h2-6,11,16,19,24,33H,7-10,12-15,17-18,29H2,1H3,(H,34,35). The number of aliphatic hydroxyl groups excluding tert-OH is 1. The van der Waals surface area contributed by atoms with E-state index in [1.54, 1.807) is 31.3 Å². The highest BCUT2D eigenvalue weighted by Crippen LogP contribution is 2.42. The SMILES string of the molecule is COc1ccc2ncc(CN)c(C(O)CCC3(CC(=O)O)CCN(CCSc4ccccn4)CC3)c2c1. The molecule has 0 aliphatic carbocycles. The summed E-state index contributed by atoms with van der Waals surface area (Å²) in [5.74, 6) is 0.852. The average molecular weight is 525 g/mol. The van der Waals surface area contributed by atoms with Gasteiger partial charge in [0, 0.05) is 36.6 Å². The largest absolute Gasteiger partial charge is 0.497 e. The number of likely N-dealkylation sites (tertiary alicyclic amines) is 1. The number of carboxylic acids is 1. The number of methoxy groups -OCH3 is 1. The first kappa shape index (κ1) is 27.3. The maximum Gasteiger partial charge on any atom is 0.303 e. The van der Waals surface area contributed by atoms with Crippen molar-refractivity contribution < 1.29 is 19.7 Å². The minimum absolute atomic E-state index is 0.116. The summed E-state index contributed by atoms with van der Waals surface area (Å²) in [5.41, 5.74) is 7.99. The Balaban J connectivity index is 1.42. The van der Waals surface area contributed by atoms with Gasteiger partial charge in [-0.25, -0.2) is 4.98 Å². The van der Waals surface area contributed by atoms with Crippen LogP contribution in [0.15, 0.2) is 53.8 Å². The van der Waals surface area contributed by atoms with E-state index < -0.39 is 12.1 Å². The van der Waals surface area contributed by atoms with Gasteiger partial charge in [0.2, 0.25) is 0 Å². The van der Waals surface area contributed by atoms with Crippen molar-refractivity contribution in [2.45, 2.75) is 49.8 Å². The molecule has 3 heterocycles. The third-order valence-electron chi connectivity index (χ3n) is 7.44. The van der Waals surface area contributed by atoms with Crippen molar-refractivity contribution >= 4 is 28.6 Å². The second kappa shape index (κ2) is 12.7. The molecule has 1 aliphatic rings. The second-order valence-corrected chi connectivity index (χ2v) is 10.9. The lowest BCUT2D eigenvalue weighted by Crippen LogP contribution is -2.42. The number of fused-ring (bicyclic) bond motifs is 1. The van der Waals surface area contributed by atoms with Crippen LogP contribution in [0.4, 0.5) is 0 Å². The van der Waals surface area contributed by atoms with Gasteiger partial charge < -0.3 is 25.6 Å². The van der Waals surface area contributed by atoms with Crippen LogP contribution in [0.1, 0.15) is 49.3 Å². The molecule has 8 nitrogen and oxygen atoms in total. The molecule has 1 fully saturated rings. The van der Waals surface area contributed by atoms with Crippen LogP contribution in [0, 0.1) is 5.41 Å². The predicted octanol–water partition coefficient (Wildman–Crippen LogP) is 4.26. The second-order valence-electron chi connectivity index (χ2n) is 9.77. The van der Waals surface area contributed by atoms with Crippen LogP contribution in [0.3, 0.4) is 0 Å². The van der Waals surface area contributed by atoms with Gasteiger partial charge in [0.25, 0.3) is 0 Å². The molecular weight excluding hydrogens is 488 g/mol. The monoisotopic (exact) mass is 524 g/mol. The van der Waals surface area contributed by atoms with Crippen molar-refractivity contribution in [3.8, 4) is 5.75 Å². The molecule has 1 saturated heterocycles. The third kappa shape index (κ3) is 6.98. The Bertz CT molecular complexity index is 1180. The molecule has 0 radical (unpaired) electrons. The van der Waals surface area contributed by atoms with Crippen molar-refractivity contribution in [2.24, 2.45) is 11.1 Å². The van der Waals surface area contributed by atoms with Crippen molar-refractivity contribution in [2.75, 3.05) is 32.5 Å². The number of hydrogen-bond acceptors (Lipinski definition) is 8. The number of carboxylic acid groups (broad SMARTS) is 1. The topological polar surface area (TPSA) is 122 Å². The summed E-state index contributed by atoms with van der Waals surface area (Å²) in [4.78, 5) is 23.1. The van der Waals surface area contributed by atoms with Crippen molar-refractivity contribution in [1.29, 1.82) is 0 Å². The summed E-state index contributed by atoms with van der Waals surface area (Å²) in [6, 6.07) is 11.5. The number of ether oxygens (including phenoxy) is 1. The Morgan fingerprint density at radius 2 is 2.05 bits per heavy atom. The number of aliphatic carboxylic acids is 1. The van der Waals surface area contributed by atoms with Gasteiger partial charge in [-0.3, -0.25) is 9.78 Å². The van der Waals surface area contributed by atoms with E-state index in [1.807, 2.05) is 36.4 Å².